The zero-order valence-electron chi connectivity index (χ0n) is 16.7. The molecule has 2 atom stereocenters. The van der Waals surface area contributed by atoms with E-state index in [0.717, 1.165) is 25.3 Å². The molecule has 0 spiro atoms. The average molecular weight is 435 g/mol. The minimum atomic E-state index is -1.42. The van der Waals surface area contributed by atoms with Gasteiger partial charge >= 0.3 is 5.97 Å². The van der Waals surface area contributed by atoms with Crippen LogP contribution in [0.4, 0.5) is 14.5 Å². The summed E-state index contributed by atoms with van der Waals surface area (Å²) in [5, 5.41) is 21.1. The minimum Gasteiger partial charge on any atom is -0.477 e. The zero-order chi connectivity index (χ0) is 21.9. The van der Waals surface area contributed by atoms with Crippen LogP contribution in [-0.4, -0.2) is 59.3 Å². The lowest BCUT2D eigenvalue weighted by atomic mass is 9.91. The second-order valence-electron chi connectivity index (χ2n) is 8.60. The van der Waals surface area contributed by atoms with Crippen LogP contribution in [0.5, 0.6) is 0 Å². The Morgan fingerprint density at radius 1 is 1.32 bits per heavy atom. The number of carboxylic acids is 1. The summed E-state index contributed by atoms with van der Waals surface area (Å²) in [5.41, 5.74) is -2.34. The number of rotatable bonds is 6. The molecule has 1 aliphatic carbocycles. The molecule has 1 aromatic heterocycles. The van der Waals surface area contributed by atoms with Crippen molar-refractivity contribution in [2.45, 2.75) is 30.9 Å². The van der Waals surface area contributed by atoms with Gasteiger partial charge in [0.1, 0.15) is 22.7 Å². The highest BCUT2D eigenvalue weighted by atomic mass is 19.1. The van der Waals surface area contributed by atoms with Crippen LogP contribution in [0.1, 0.15) is 35.7 Å². The van der Waals surface area contributed by atoms with Gasteiger partial charge in [0.05, 0.1) is 17.6 Å². The molecule has 0 amide bonds. The first-order valence-corrected chi connectivity index (χ1v) is 10.4. The molecule has 3 heterocycles. The number of pyridine rings is 1. The number of nitrogens with zero attached hydrogens (tertiary/aromatic N) is 2. The number of aromatic nitrogens is 1. The van der Waals surface area contributed by atoms with Gasteiger partial charge in [0.15, 0.2) is 5.82 Å². The van der Waals surface area contributed by atoms with Gasteiger partial charge in [0, 0.05) is 44.4 Å². The molecule has 3 aliphatic rings. The van der Waals surface area contributed by atoms with Gasteiger partial charge in [0.25, 0.3) is 0 Å². The van der Waals surface area contributed by atoms with E-state index >= 15 is 8.78 Å². The lowest BCUT2D eigenvalue weighted by molar-refractivity contribution is 0.00119. The highest BCUT2D eigenvalue weighted by molar-refractivity contribution is 5.94. The number of anilines is 1. The molecule has 0 bridgehead atoms. The summed E-state index contributed by atoms with van der Waals surface area (Å²) in [6.45, 7) is 1.30. The Balaban J connectivity index is 1.64. The van der Waals surface area contributed by atoms with Crippen molar-refractivity contribution >= 4 is 22.6 Å². The number of carboxylic acid groups (broad SMARTS) is 1. The molecule has 10 heteroatoms. The molecule has 1 aromatic carbocycles. The van der Waals surface area contributed by atoms with E-state index in [2.05, 4.69) is 5.32 Å². The molecule has 166 valence electrons. The monoisotopic (exact) mass is 435 g/mol. The standard InChI is InChI=1S/C21H23F2N3O5/c22-15-5-13-17(26(12-1-2-12)7-14(19(13)28)20(29)30)16(23)18(15)25-6-11-3-4-31-21(11,9-25)8-24-10-27/h5,7,11-12,24,27H,1-4,6,8-10H2,(H,29,30). The Labute approximate surface area is 176 Å². The summed E-state index contributed by atoms with van der Waals surface area (Å²) in [7, 11) is 0. The minimum absolute atomic E-state index is 0.0426. The molecule has 3 N–H and O–H groups in total. The van der Waals surface area contributed by atoms with Gasteiger partial charge in [-0.05, 0) is 25.3 Å². The van der Waals surface area contributed by atoms with E-state index in [1.54, 1.807) is 4.90 Å². The van der Waals surface area contributed by atoms with Crippen molar-refractivity contribution in [2.75, 3.05) is 37.9 Å². The van der Waals surface area contributed by atoms with Crippen LogP contribution in [0, 0.1) is 17.6 Å². The topological polar surface area (TPSA) is 104 Å². The van der Waals surface area contributed by atoms with E-state index in [-0.39, 0.29) is 41.8 Å². The number of aliphatic hydroxyl groups excluding tert-OH is 1. The number of halogens is 2. The van der Waals surface area contributed by atoms with Crippen molar-refractivity contribution in [1.82, 2.24) is 9.88 Å². The molecule has 2 aromatic rings. The summed E-state index contributed by atoms with van der Waals surface area (Å²) in [5.74, 6) is -3.14. The number of hydrogen-bond acceptors (Lipinski definition) is 6. The van der Waals surface area contributed by atoms with Gasteiger partial charge in [-0.25, -0.2) is 13.6 Å². The van der Waals surface area contributed by atoms with Crippen molar-refractivity contribution in [3.05, 3.63) is 39.7 Å². The van der Waals surface area contributed by atoms with Crippen LogP contribution in [-0.2, 0) is 4.74 Å². The van der Waals surface area contributed by atoms with Gasteiger partial charge in [0.2, 0.25) is 5.43 Å². The second kappa shape index (κ2) is 7.25. The first-order valence-electron chi connectivity index (χ1n) is 10.4. The zero-order valence-corrected chi connectivity index (χ0v) is 16.7. The quantitative estimate of drug-likeness (QED) is 0.590. The molecule has 8 nitrogen and oxygen atoms in total. The lowest BCUT2D eigenvalue weighted by Crippen LogP contribution is -2.46. The van der Waals surface area contributed by atoms with Crippen LogP contribution in [0.25, 0.3) is 10.9 Å². The normalized spacial score (nSPS) is 25.4. The Bertz CT molecular complexity index is 1130. The van der Waals surface area contributed by atoms with E-state index in [9.17, 15) is 14.7 Å². The molecular formula is C21H23F2N3O5. The molecule has 0 radical (unpaired) electrons. The van der Waals surface area contributed by atoms with Crippen molar-refractivity contribution in [2.24, 2.45) is 5.92 Å². The molecular weight excluding hydrogens is 412 g/mol. The average Bonchev–Trinajstić information content (AvgIpc) is 3.40. The highest BCUT2D eigenvalue weighted by Crippen LogP contribution is 2.44. The summed E-state index contributed by atoms with van der Waals surface area (Å²) >= 11 is 0. The van der Waals surface area contributed by atoms with E-state index in [1.165, 1.54) is 10.8 Å². The first kappa shape index (κ1) is 20.3. The van der Waals surface area contributed by atoms with Crippen LogP contribution < -0.4 is 15.6 Å². The van der Waals surface area contributed by atoms with Gasteiger partial charge in [-0.1, -0.05) is 0 Å². The number of ether oxygens (including phenoxy) is 1. The van der Waals surface area contributed by atoms with E-state index < -0.39 is 34.2 Å². The predicted molar refractivity (Wildman–Crippen MR) is 107 cm³/mol. The van der Waals surface area contributed by atoms with Crippen molar-refractivity contribution < 1.29 is 28.5 Å². The van der Waals surface area contributed by atoms with Gasteiger partial charge in [-0.2, -0.15) is 0 Å². The Hall–Kier alpha value is -2.56. The maximum Gasteiger partial charge on any atom is 0.341 e. The van der Waals surface area contributed by atoms with Crippen LogP contribution in [0.3, 0.4) is 0 Å². The molecule has 1 saturated carbocycles. The fraction of sp³-hybridized carbons (Fsp3) is 0.524. The maximum atomic E-state index is 15.8. The SMILES string of the molecule is O=C(O)c1cn(C2CC2)c2c(F)c(N3CC4CCOC4(CNCO)C3)c(F)cc2c1=O. The molecule has 31 heavy (non-hydrogen) atoms. The van der Waals surface area contributed by atoms with Gasteiger partial charge in [-0.3, -0.25) is 10.1 Å². The van der Waals surface area contributed by atoms with Crippen LogP contribution in [0.15, 0.2) is 17.1 Å². The van der Waals surface area contributed by atoms with Crippen molar-refractivity contribution in [3.8, 4) is 0 Å². The summed E-state index contributed by atoms with van der Waals surface area (Å²) in [6.07, 6.45) is 3.39. The molecule has 2 unspecified atom stereocenters. The van der Waals surface area contributed by atoms with Crippen LogP contribution in [0.2, 0.25) is 0 Å². The van der Waals surface area contributed by atoms with Gasteiger partial charge < -0.3 is 24.4 Å². The molecule has 5 rings (SSSR count). The van der Waals surface area contributed by atoms with Crippen molar-refractivity contribution in [1.29, 1.82) is 0 Å². The molecule has 2 saturated heterocycles. The lowest BCUT2D eigenvalue weighted by Gasteiger charge is -2.29. The van der Waals surface area contributed by atoms with Crippen LogP contribution >= 0.6 is 0 Å². The number of carbonyl (C=O) groups is 1. The largest absolute Gasteiger partial charge is 0.477 e. The first-order chi connectivity index (χ1) is 14.9. The summed E-state index contributed by atoms with van der Waals surface area (Å²) in [4.78, 5) is 25.7. The number of benzene rings is 1. The van der Waals surface area contributed by atoms with E-state index in [1.807, 2.05) is 0 Å². The number of aromatic carboxylic acids is 1. The highest BCUT2D eigenvalue weighted by Gasteiger charge is 2.51. The third kappa shape index (κ3) is 3.12. The summed E-state index contributed by atoms with van der Waals surface area (Å²) in [6, 6.07) is 0.838. The Morgan fingerprint density at radius 3 is 2.77 bits per heavy atom. The number of fused-ring (bicyclic) bond motifs is 2. The van der Waals surface area contributed by atoms with Crippen molar-refractivity contribution in [3.63, 3.8) is 0 Å². The number of hydrogen-bond donors (Lipinski definition) is 3. The maximum absolute atomic E-state index is 15.8. The van der Waals surface area contributed by atoms with E-state index in [0.29, 0.717) is 19.7 Å². The van der Waals surface area contributed by atoms with Gasteiger partial charge in [-0.15, -0.1) is 0 Å². The Kier molecular flexibility index (Phi) is 4.76. The fourth-order valence-electron chi connectivity index (χ4n) is 5.07. The second-order valence-corrected chi connectivity index (χ2v) is 8.60. The summed E-state index contributed by atoms with van der Waals surface area (Å²) < 4.78 is 38.4. The molecule has 3 fully saturated rings. The third-order valence-corrected chi connectivity index (χ3v) is 6.71. The Morgan fingerprint density at radius 2 is 2.10 bits per heavy atom. The number of nitrogens with one attached hydrogen (secondary N) is 1. The van der Waals surface area contributed by atoms with E-state index in [4.69, 9.17) is 9.84 Å². The smallest absolute Gasteiger partial charge is 0.341 e. The third-order valence-electron chi connectivity index (χ3n) is 6.71. The predicted octanol–water partition coefficient (Wildman–Crippen LogP) is 1.45. The molecule has 2 aliphatic heterocycles. The number of aliphatic hydroxyl groups is 1. The fourth-order valence-corrected chi connectivity index (χ4v) is 5.07.